The molecule has 0 aliphatic heterocycles. The van der Waals surface area contributed by atoms with Gasteiger partial charge in [-0.25, -0.2) is 4.98 Å². The van der Waals surface area contributed by atoms with E-state index in [-0.39, 0.29) is 28.9 Å². The first kappa shape index (κ1) is 23.6. The van der Waals surface area contributed by atoms with Crippen LogP contribution in [0.4, 0.5) is 11.4 Å². The molecule has 1 heterocycles. The van der Waals surface area contributed by atoms with Gasteiger partial charge in [-0.15, -0.1) is 0 Å². The molecule has 0 fully saturated rings. The van der Waals surface area contributed by atoms with Crippen molar-refractivity contribution in [3.63, 3.8) is 0 Å². The normalized spacial score (nSPS) is 10.9. The van der Waals surface area contributed by atoms with E-state index in [0.717, 1.165) is 16.7 Å². The molecule has 0 radical (unpaired) electrons. The summed E-state index contributed by atoms with van der Waals surface area (Å²) in [6.07, 6.45) is 0.411. The SMILES string of the molecule is O=c1c2cc([N+](=O)[O-])ccc2nc(Cc2ccccc2)n1Cc1ccc(-c2cccc([N+](=O)[O-])c2)cc1. The Morgan fingerprint density at radius 2 is 1.41 bits per heavy atom. The lowest BCUT2D eigenvalue weighted by atomic mass is 10.0. The number of fused-ring (bicyclic) bond motifs is 1. The second-order valence-corrected chi connectivity index (χ2v) is 8.54. The summed E-state index contributed by atoms with van der Waals surface area (Å²) >= 11 is 0. The van der Waals surface area contributed by atoms with Gasteiger partial charge in [0.2, 0.25) is 0 Å². The molecule has 0 N–H and O–H groups in total. The highest BCUT2D eigenvalue weighted by molar-refractivity contribution is 5.80. The van der Waals surface area contributed by atoms with Gasteiger partial charge in [0.15, 0.2) is 0 Å². The summed E-state index contributed by atoms with van der Waals surface area (Å²) in [5, 5.41) is 22.6. The predicted molar refractivity (Wildman–Crippen MR) is 140 cm³/mol. The van der Waals surface area contributed by atoms with Crippen LogP contribution < -0.4 is 5.56 Å². The fraction of sp³-hybridized carbons (Fsp3) is 0.0714. The van der Waals surface area contributed by atoms with Gasteiger partial charge in [0.05, 0.1) is 27.3 Å². The van der Waals surface area contributed by atoms with Crippen LogP contribution in [0, 0.1) is 20.2 Å². The van der Waals surface area contributed by atoms with Crippen molar-refractivity contribution in [1.82, 2.24) is 9.55 Å². The number of benzene rings is 4. The topological polar surface area (TPSA) is 121 Å². The van der Waals surface area contributed by atoms with Gasteiger partial charge in [0, 0.05) is 30.7 Å². The van der Waals surface area contributed by atoms with E-state index in [9.17, 15) is 25.0 Å². The van der Waals surface area contributed by atoms with E-state index in [4.69, 9.17) is 4.98 Å². The third-order valence-electron chi connectivity index (χ3n) is 6.12. The summed E-state index contributed by atoms with van der Waals surface area (Å²) in [6, 6.07) is 27.5. The van der Waals surface area contributed by atoms with E-state index in [1.54, 1.807) is 16.7 Å². The Bertz CT molecular complexity index is 1700. The minimum absolute atomic E-state index is 0.00927. The number of non-ortho nitro benzene ring substituents is 2. The van der Waals surface area contributed by atoms with Crippen LogP contribution in [0.1, 0.15) is 17.0 Å². The monoisotopic (exact) mass is 492 g/mol. The maximum absolute atomic E-state index is 13.5. The minimum Gasteiger partial charge on any atom is -0.291 e. The molecule has 0 aliphatic carbocycles. The molecule has 0 bridgehead atoms. The first-order valence-electron chi connectivity index (χ1n) is 11.4. The van der Waals surface area contributed by atoms with Crippen LogP contribution in [0.2, 0.25) is 0 Å². The van der Waals surface area contributed by atoms with Crippen molar-refractivity contribution in [2.45, 2.75) is 13.0 Å². The van der Waals surface area contributed by atoms with Crippen LogP contribution >= 0.6 is 0 Å². The average molecular weight is 492 g/mol. The summed E-state index contributed by atoms with van der Waals surface area (Å²) in [5.74, 6) is 0.542. The minimum atomic E-state index is -0.534. The third-order valence-corrected chi connectivity index (χ3v) is 6.12. The molecular formula is C28H20N4O5. The Hall–Kier alpha value is -5.18. The van der Waals surface area contributed by atoms with Crippen LogP contribution in [0.15, 0.2) is 102 Å². The van der Waals surface area contributed by atoms with Gasteiger partial charge >= 0.3 is 0 Å². The summed E-state index contributed by atoms with van der Waals surface area (Å²) in [4.78, 5) is 39.7. The van der Waals surface area contributed by atoms with Crippen LogP contribution in [0.3, 0.4) is 0 Å². The van der Waals surface area contributed by atoms with E-state index in [2.05, 4.69) is 0 Å². The number of nitro groups is 2. The van der Waals surface area contributed by atoms with Gasteiger partial charge in [-0.3, -0.25) is 29.6 Å². The zero-order valence-corrected chi connectivity index (χ0v) is 19.5. The van der Waals surface area contributed by atoms with Gasteiger partial charge in [-0.1, -0.05) is 66.7 Å². The summed E-state index contributed by atoms with van der Waals surface area (Å²) in [5.41, 5.74) is 3.19. The van der Waals surface area contributed by atoms with Crippen molar-refractivity contribution in [1.29, 1.82) is 0 Å². The lowest BCUT2D eigenvalue weighted by Crippen LogP contribution is -2.26. The van der Waals surface area contributed by atoms with Gasteiger partial charge in [0.1, 0.15) is 5.82 Å². The van der Waals surface area contributed by atoms with Crippen molar-refractivity contribution < 1.29 is 9.85 Å². The lowest BCUT2D eigenvalue weighted by molar-refractivity contribution is -0.384. The Morgan fingerprint density at radius 3 is 2.11 bits per heavy atom. The molecule has 0 aliphatic rings. The molecule has 0 unspecified atom stereocenters. The van der Waals surface area contributed by atoms with Crippen LogP contribution in [-0.4, -0.2) is 19.4 Å². The molecule has 9 nitrogen and oxygen atoms in total. The Balaban J connectivity index is 1.55. The largest absolute Gasteiger partial charge is 0.291 e. The van der Waals surface area contributed by atoms with E-state index in [0.29, 0.717) is 23.3 Å². The molecule has 37 heavy (non-hydrogen) atoms. The molecule has 5 rings (SSSR count). The number of hydrogen-bond acceptors (Lipinski definition) is 6. The number of rotatable bonds is 7. The van der Waals surface area contributed by atoms with Gasteiger partial charge in [0.25, 0.3) is 16.9 Å². The van der Waals surface area contributed by atoms with Crippen LogP contribution in [0.25, 0.3) is 22.0 Å². The van der Waals surface area contributed by atoms with Crippen molar-refractivity contribution >= 4 is 22.3 Å². The maximum Gasteiger partial charge on any atom is 0.270 e. The summed E-state index contributed by atoms with van der Waals surface area (Å²) in [7, 11) is 0. The second kappa shape index (κ2) is 9.82. The number of hydrogen-bond donors (Lipinski definition) is 0. The van der Waals surface area contributed by atoms with Crippen molar-refractivity contribution in [3.8, 4) is 11.1 Å². The predicted octanol–water partition coefficient (Wildman–Crippen LogP) is 5.52. The van der Waals surface area contributed by atoms with Gasteiger partial charge < -0.3 is 0 Å². The molecule has 0 saturated carbocycles. The lowest BCUT2D eigenvalue weighted by Gasteiger charge is -2.14. The standard InChI is InChI=1S/C28H20N4O5/c33-28-25-17-24(32(36)37)13-14-26(25)29-27(15-19-5-2-1-3-6-19)30(28)18-20-9-11-21(12-10-20)22-7-4-8-23(16-22)31(34)35/h1-14,16-17H,15,18H2. The molecule has 9 heteroatoms. The molecule has 1 aromatic heterocycles. The third kappa shape index (κ3) is 4.96. The maximum atomic E-state index is 13.5. The molecule has 0 amide bonds. The highest BCUT2D eigenvalue weighted by Crippen LogP contribution is 2.25. The Morgan fingerprint density at radius 1 is 0.703 bits per heavy atom. The molecule has 4 aromatic carbocycles. The molecule has 182 valence electrons. The highest BCUT2D eigenvalue weighted by Gasteiger charge is 2.16. The van der Waals surface area contributed by atoms with Crippen LogP contribution in [0.5, 0.6) is 0 Å². The first-order chi connectivity index (χ1) is 17.9. The number of nitro benzene ring substituents is 2. The Labute approximate surface area is 210 Å². The fourth-order valence-corrected chi connectivity index (χ4v) is 4.23. The smallest absolute Gasteiger partial charge is 0.270 e. The number of nitrogens with zero attached hydrogens (tertiary/aromatic N) is 4. The van der Waals surface area contributed by atoms with Crippen LogP contribution in [-0.2, 0) is 13.0 Å². The molecule has 0 atom stereocenters. The quantitative estimate of drug-likeness (QED) is 0.218. The first-order valence-corrected chi connectivity index (χ1v) is 11.4. The van der Waals surface area contributed by atoms with Crippen molar-refractivity contribution in [3.05, 3.63) is 145 Å². The molecule has 0 saturated heterocycles. The van der Waals surface area contributed by atoms with E-state index in [1.807, 2.05) is 54.6 Å². The second-order valence-electron chi connectivity index (χ2n) is 8.54. The van der Waals surface area contributed by atoms with E-state index >= 15 is 0 Å². The zero-order valence-electron chi connectivity index (χ0n) is 19.5. The van der Waals surface area contributed by atoms with E-state index < -0.39 is 9.85 Å². The van der Waals surface area contributed by atoms with Crippen molar-refractivity contribution in [2.24, 2.45) is 0 Å². The van der Waals surface area contributed by atoms with E-state index in [1.165, 1.54) is 30.3 Å². The molecule has 0 spiro atoms. The molecule has 5 aromatic rings. The fourth-order valence-electron chi connectivity index (χ4n) is 4.23. The Kier molecular flexibility index (Phi) is 6.25. The van der Waals surface area contributed by atoms with Gasteiger partial charge in [-0.2, -0.15) is 0 Å². The van der Waals surface area contributed by atoms with Crippen molar-refractivity contribution in [2.75, 3.05) is 0 Å². The highest BCUT2D eigenvalue weighted by atomic mass is 16.6. The number of aromatic nitrogens is 2. The zero-order chi connectivity index (χ0) is 25.9. The van der Waals surface area contributed by atoms with Gasteiger partial charge in [-0.05, 0) is 28.3 Å². The molecular weight excluding hydrogens is 472 g/mol. The summed E-state index contributed by atoms with van der Waals surface area (Å²) < 4.78 is 1.54. The average Bonchev–Trinajstić information content (AvgIpc) is 2.91. The summed E-state index contributed by atoms with van der Waals surface area (Å²) in [6.45, 7) is 0.210.